The number of nitrogens with zero attached hydrogens (tertiary/aromatic N) is 2. The third-order valence-corrected chi connectivity index (χ3v) is 5.09. The number of pyridine rings is 1. The molecule has 0 spiro atoms. The maximum Gasteiger partial charge on any atom is 0.172 e. The van der Waals surface area contributed by atoms with Crippen molar-refractivity contribution in [1.29, 1.82) is 0 Å². The van der Waals surface area contributed by atoms with Gasteiger partial charge in [-0.05, 0) is 65.7 Å². The van der Waals surface area contributed by atoms with Gasteiger partial charge >= 0.3 is 0 Å². The highest BCUT2D eigenvalue weighted by molar-refractivity contribution is 5.95. The molecule has 2 heteroatoms. The minimum atomic E-state index is 1.19. The molecule has 0 aliphatic heterocycles. The Bertz CT molecular complexity index is 784. The van der Waals surface area contributed by atoms with Gasteiger partial charge in [0.25, 0.3) is 0 Å². The monoisotopic (exact) mass is 291 g/mol. The number of aryl methyl sites for hydroxylation is 3. The van der Waals surface area contributed by atoms with E-state index in [1.54, 1.807) is 11.1 Å². The van der Waals surface area contributed by atoms with E-state index in [-0.39, 0.29) is 0 Å². The molecule has 0 fully saturated rings. The lowest BCUT2D eigenvalue weighted by atomic mass is 9.97. The van der Waals surface area contributed by atoms with E-state index >= 15 is 0 Å². The molecule has 1 aromatic carbocycles. The largest absolute Gasteiger partial charge is 0.378 e. The Hall–Kier alpha value is -2.09. The summed E-state index contributed by atoms with van der Waals surface area (Å²) < 4.78 is 2.17. The summed E-state index contributed by atoms with van der Waals surface area (Å²) in [5.74, 6) is 0. The second kappa shape index (κ2) is 4.98. The van der Waals surface area contributed by atoms with E-state index in [0.29, 0.717) is 0 Å². The fraction of sp³-hybridized carbons (Fsp3) is 0.350. The van der Waals surface area contributed by atoms with Crippen molar-refractivity contribution in [3.8, 4) is 0 Å². The van der Waals surface area contributed by atoms with E-state index in [1.165, 1.54) is 53.6 Å². The molecule has 0 saturated carbocycles. The predicted molar refractivity (Wildman–Crippen MR) is 91.8 cm³/mol. The smallest absolute Gasteiger partial charge is 0.172 e. The van der Waals surface area contributed by atoms with Gasteiger partial charge in [0.15, 0.2) is 12.4 Å². The number of benzene rings is 1. The minimum absolute atomic E-state index is 1.19. The normalized spacial score (nSPS) is 19.2. The molecular weight excluding hydrogens is 268 g/mol. The number of fused-ring (bicyclic) bond motifs is 2. The van der Waals surface area contributed by atoms with Gasteiger partial charge in [0.2, 0.25) is 0 Å². The number of hydrogen-bond donors (Lipinski definition) is 0. The van der Waals surface area contributed by atoms with Gasteiger partial charge in [0.05, 0.1) is 0 Å². The van der Waals surface area contributed by atoms with E-state index in [2.05, 4.69) is 67.3 Å². The van der Waals surface area contributed by atoms with Gasteiger partial charge in [-0.1, -0.05) is 6.07 Å². The Kier molecular flexibility index (Phi) is 3.07. The molecule has 4 rings (SSSR count). The van der Waals surface area contributed by atoms with Crippen LogP contribution in [-0.4, -0.2) is 14.1 Å². The first-order valence-electron chi connectivity index (χ1n) is 8.14. The third kappa shape index (κ3) is 2.06. The van der Waals surface area contributed by atoms with Crippen LogP contribution < -0.4 is 9.47 Å². The van der Waals surface area contributed by atoms with Gasteiger partial charge < -0.3 is 4.90 Å². The summed E-state index contributed by atoms with van der Waals surface area (Å²) in [4.78, 5) is 2.19. The van der Waals surface area contributed by atoms with Gasteiger partial charge in [-0.25, -0.2) is 4.57 Å². The lowest BCUT2D eigenvalue weighted by Gasteiger charge is -2.14. The summed E-state index contributed by atoms with van der Waals surface area (Å²) >= 11 is 0. The molecule has 2 aliphatic carbocycles. The number of hydrogen-bond acceptors (Lipinski definition) is 1. The molecule has 2 aliphatic rings. The van der Waals surface area contributed by atoms with Crippen molar-refractivity contribution < 1.29 is 4.57 Å². The van der Waals surface area contributed by atoms with Crippen LogP contribution in [-0.2, 0) is 19.9 Å². The molecule has 1 heterocycles. The van der Waals surface area contributed by atoms with Crippen LogP contribution >= 0.6 is 0 Å². The Morgan fingerprint density at radius 3 is 2.27 bits per heavy atom. The molecule has 0 N–H and O–H groups in total. The molecule has 1 aromatic heterocycles. The summed E-state index contributed by atoms with van der Waals surface area (Å²) in [6.07, 6.45) is 9.23. The fourth-order valence-corrected chi connectivity index (χ4v) is 3.93. The van der Waals surface area contributed by atoms with Crippen LogP contribution in [0.5, 0.6) is 0 Å². The SMILES string of the molecule is CN(C)c1ccc2c(c1)CC/C2=C1/CCc2c[n+](C)ccc21. The number of aromatic nitrogens is 1. The summed E-state index contributed by atoms with van der Waals surface area (Å²) in [5, 5.41) is 0. The average molecular weight is 291 g/mol. The average Bonchev–Trinajstić information content (AvgIpc) is 3.09. The van der Waals surface area contributed by atoms with Crippen molar-refractivity contribution in [2.75, 3.05) is 19.0 Å². The van der Waals surface area contributed by atoms with Crippen LogP contribution in [0.2, 0.25) is 0 Å². The standard InChI is InChI=1S/C20H23N2/c1-21(2)16-6-9-17-14(12-16)4-7-19(17)20-8-5-15-13-22(3)11-10-18(15)20/h6,9-13H,4-5,7-8H2,1-3H3/q+1. The predicted octanol–water partition coefficient (Wildman–Crippen LogP) is 3.38. The van der Waals surface area contributed by atoms with E-state index in [4.69, 9.17) is 0 Å². The molecule has 22 heavy (non-hydrogen) atoms. The zero-order valence-corrected chi connectivity index (χ0v) is 13.7. The van der Waals surface area contributed by atoms with Crippen LogP contribution in [0.15, 0.2) is 36.7 Å². The molecule has 0 saturated heterocycles. The number of allylic oxidation sites excluding steroid dienone is 2. The van der Waals surface area contributed by atoms with Crippen molar-refractivity contribution in [1.82, 2.24) is 0 Å². The first-order valence-corrected chi connectivity index (χ1v) is 8.14. The molecule has 2 nitrogen and oxygen atoms in total. The molecule has 0 amide bonds. The Labute approximate surface area is 132 Å². The van der Waals surface area contributed by atoms with Crippen molar-refractivity contribution in [3.63, 3.8) is 0 Å². The second-order valence-electron chi connectivity index (χ2n) is 6.74. The van der Waals surface area contributed by atoms with Crippen LogP contribution in [0.1, 0.15) is 35.1 Å². The van der Waals surface area contributed by atoms with Gasteiger partial charge in [-0.2, -0.15) is 0 Å². The minimum Gasteiger partial charge on any atom is -0.378 e. The Morgan fingerprint density at radius 1 is 0.864 bits per heavy atom. The maximum atomic E-state index is 2.36. The molecule has 0 atom stereocenters. The Morgan fingerprint density at radius 2 is 1.55 bits per heavy atom. The maximum absolute atomic E-state index is 2.36. The van der Waals surface area contributed by atoms with E-state index in [0.717, 1.165) is 0 Å². The zero-order chi connectivity index (χ0) is 15.3. The second-order valence-corrected chi connectivity index (χ2v) is 6.74. The molecular formula is C20H23N2+. The molecule has 0 radical (unpaired) electrons. The van der Waals surface area contributed by atoms with Gasteiger partial charge in [-0.15, -0.1) is 0 Å². The fourth-order valence-electron chi connectivity index (χ4n) is 3.93. The first-order chi connectivity index (χ1) is 10.6. The van der Waals surface area contributed by atoms with Gasteiger partial charge in [-0.3, -0.25) is 0 Å². The molecule has 112 valence electrons. The Balaban J connectivity index is 1.82. The topological polar surface area (TPSA) is 7.12 Å². The quantitative estimate of drug-likeness (QED) is 0.731. The molecule has 0 unspecified atom stereocenters. The van der Waals surface area contributed by atoms with E-state index in [9.17, 15) is 0 Å². The first kappa shape index (κ1) is 13.6. The van der Waals surface area contributed by atoms with Gasteiger partial charge in [0, 0.05) is 31.4 Å². The number of anilines is 1. The van der Waals surface area contributed by atoms with Crippen molar-refractivity contribution in [2.24, 2.45) is 7.05 Å². The van der Waals surface area contributed by atoms with Crippen molar-refractivity contribution in [2.45, 2.75) is 25.7 Å². The summed E-state index contributed by atoms with van der Waals surface area (Å²) in [6.45, 7) is 0. The van der Waals surface area contributed by atoms with Crippen LogP contribution in [0.4, 0.5) is 5.69 Å². The highest BCUT2D eigenvalue weighted by Crippen LogP contribution is 2.43. The highest BCUT2D eigenvalue weighted by atomic mass is 15.1. The highest BCUT2D eigenvalue weighted by Gasteiger charge is 2.26. The molecule has 0 bridgehead atoms. The number of rotatable bonds is 1. The third-order valence-electron chi connectivity index (χ3n) is 5.09. The zero-order valence-electron chi connectivity index (χ0n) is 13.7. The van der Waals surface area contributed by atoms with Gasteiger partial charge in [0.1, 0.15) is 7.05 Å². The van der Waals surface area contributed by atoms with Crippen LogP contribution in [0.3, 0.4) is 0 Å². The summed E-state index contributed by atoms with van der Waals surface area (Å²) in [5.41, 5.74) is 10.5. The van der Waals surface area contributed by atoms with E-state index in [1.807, 2.05) is 0 Å². The van der Waals surface area contributed by atoms with E-state index < -0.39 is 0 Å². The lowest BCUT2D eigenvalue weighted by Crippen LogP contribution is -2.27. The molecule has 2 aromatic rings. The summed E-state index contributed by atoms with van der Waals surface area (Å²) in [7, 11) is 6.34. The summed E-state index contributed by atoms with van der Waals surface area (Å²) in [6, 6.07) is 9.26. The van der Waals surface area contributed by atoms with Crippen molar-refractivity contribution >= 4 is 16.8 Å². The van der Waals surface area contributed by atoms with Crippen molar-refractivity contribution in [3.05, 3.63) is 58.9 Å². The van der Waals surface area contributed by atoms with Crippen LogP contribution in [0, 0.1) is 0 Å². The van der Waals surface area contributed by atoms with Crippen LogP contribution in [0.25, 0.3) is 11.1 Å². The lowest BCUT2D eigenvalue weighted by molar-refractivity contribution is -0.671.